The molecule has 1 aromatic rings. The van der Waals surface area contributed by atoms with Crippen LogP contribution < -0.4 is 10.6 Å². The van der Waals surface area contributed by atoms with Crippen molar-refractivity contribution in [3.63, 3.8) is 0 Å². The third-order valence-corrected chi connectivity index (χ3v) is 4.35. The van der Waals surface area contributed by atoms with E-state index in [4.69, 9.17) is 0 Å². The predicted molar refractivity (Wildman–Crippen MR) is 87.4 cm³/mol. The van der Waals surface area contributed by atoms with E-state index in [9.17, 15) is 9.59 Å². The van der Waals surface area contributed by atoms with Crippen molar-refractivity contribution in [3.05, 3.63) is 22.4 Å². The van der Waals surface area contributed by atoms with E-state index in [1.54, 1.807) is 11.4 Å². The molecule has 5 heteroatoms. The zero-order valence-electron chi connectivity index (χ0n) is 13.3. The number of hydrogen-bond acceptors (Lipinski definition) is 3. The summed E-state index contributed by atoms with van der Waals surface area (Å²) in [5.41, 5.74) is 0.653. The van der Waals surface area contributed by atoms with E-state index >= 15 is 0 Å². The van der Waals surface area contributed by atoms with E-state index in [2.05, 4.69) is 38.3 Å². The second kappa shape index (κ2) is 8.82. The van der Waals surface area contributed by atoms with Crippen LogP contribution in [-0.2, 0) is 4.79 Å². The van der Waals surface area contributed by atoms with E-state index in [0.29, 0.717) is 42.8 Å². The van der Waals surface area contributed by atoms with E-state index in [0.717, 1.165) is 0 Å². The average molecular weight is 310 g/mol. The second-order valence-electron chi connectivity index (χ2n) is 5.97. The molecule has 1 aromatic heterocycles. The largest absolute Gasteiger partial charge is 0.356 e. The van der Waals surface area contributed by atoms with Gasteiger partial charge in [-0.1, -0.05) is 27.7 Å². The molecule has 118 valence electrons. The molecule has 2 N–H and O–H groups in total. The summed E-state index contributed by atoms with van der Waals surface area (Å²) in [5.74, 6) is 1.44. The molecule has 1 heterocycles. The van der Waals surface area contributed by atoms with Crippen LogP contribution in [0.5, 0.6) is 0 Å². The van der Waals surface area contributed by atoms with E-state index in [1.807, 2.05) is 5.38 Å². The van der Waals surface area contributed by atoms with Gasteiger partial charge in [0.15, 0.2) is 0 Å². The highest BCUT2D eigenvalue weighted by Crippen LogP contribution is 2.19. The Bertz CT molecular complexity index is 433. The fourth-order valence-corrected chi connectivity index (χ4v) is 2.98. The van der Waals surface area contributed by atoms with Gasteiger partial charge in [0.25, 0.3) is 5.91 Å². The van der Waals surface area contributed by atoms with E-state index in [-0.39, 0.29) is 11.8 Å². The maximum Gasteiger partial charge on any atom is 0.252 e. The number of nitrogens with one attached hydrogen (secondary N) is 2. The lowest BCUT2D eigenvalue weighted by Crippen LogP contribution is -2.36. The van der Waals surface area contributed by atoms with Gasteiger partial charge in [0.1, 0.15) is 0 Å². The van der Waals surface area contributed by atoms with Gasteiger partial charge in [-0.05, 0) is 29.2 Å². The van der Waals surface area contributed by atoms with Gasteiger partial charge in [0.05, 0.1) is 0 Å². The van der Waals surface area contributed by atoms with Crippen LogP contribution in [0.3, 0.4) is 0 Å². The van der Waals surface area contributed by atoms with Gasteiger partial charge in [-0.2, -0.15) is 11.3 Å². The molecular weight excluding hydrogens is 284 g/mol. The molecule has 1 rings (SSSR count). The summed E-state index contributed by atoms with van der Waals surface area (Å²) in [6, 6.07) is 1.77. The topological polar surface area (TPSA) is 58.2 Å². The smallest absolute Gasteiger partial charge is 0.252 e. The van der Waals surface area contributed by atoms with Gasteiger partial charge in [0.2, 0.25) is 5.91 Å². The lowest BCUT2D eigenvalue weighted by Gasteiger charge is -2.25. The lowest BCUT2D eigenvalue weighted by atomic mass is 9.85. The summed E-state index contributed by atoms with van der Waals surface area (Å²) in [6.07, 6.45) is 0.318. The molecule has 0 bridgehead atoms. The molecule has 0 aliphatic carbocycles. The van der Waals surface area contributed by atoms with Gasteiger partial charge in [-0.15, -0.1) is 0 Å². The number of carbonyl (C=O) groups excluding carboxylic acids is 2. The molecular formula is C16H26N2O2S. The zero-order valence-corrected chi connectivity index (χ0v) is 14.1. The quantitative estimate of drug-likeness (QED) is 0.775. The van der Waals surface area contributed by atoms with Crippen LogP contribution in [0.25, 0.3) is 0 Å². The Morgan fingerprint density at radius 2 is 1.81 bits per heavy atom. The molecule has 0 aliphatic heterocycles. The molecule has 0 aliphatic rings. The first-order valence-electron chi connectivity index (χ1n) is 7.49. The fourth-order valence-electron chi connectivity index (χ4n) is 2.35. The van der Waals surface area contributed by atoms with Crippen LogP contribution in [0.4, 0.5) is 0 Å². The number of thiophene rings is 1. The van der Waals surface area contributed by atoms with Crippen molar-refractivity contribution in [1.82, 2.24) is 10.6 Å². The van der Waals surface area contributed by atoms with Crippen molar-refractivity contribution in [1.29, 1.82) is 0 Å². The summed E-state index contributed by atoms with van der Waals surface area (Å²) >= 11 is 1.48. The summed E-state index contributed by atoms with van der Waals surface area (Å²) in [5, 5.41) is 9.38. The van der Waals surface area contributed by atoms with Crippen LogP contribution in [0.1, 0.15) is 44.5 Å². The van der Waals surface area contributed by atoms with Crippen LogP contribution >= 0.6 is 11.3 Å². The predicted octanol–water partition coefficient (Wildman–Crippen LogP) is 2.91. The Labute approximate surface area is 131 Å². The van der Waals surface area contributed by atoms with Crippen molar-refractivity contribution in [2.45, 2.75) is 34.1 Å². The highest BCUT2D eigenvalue weighted by molar-refractivity contribution is 7.08. The third-order valence-electron chi connectivity index (χ3n) is 3.67. The first kappa shape index (κ1) is 17.7. The molecule has 0 spiro atoms. The maximum atomic E-state index is 11.8. The highest BCUT2D eigenvalue weighted by atomic mass is 32.1. The molecule has 4 nitrogen and oxygen atoms in total. The van der Waals surface area contributed by atoms with Crippen molar-refractivity contribution in [2.24, 2.45) is 17.8 Å². The zero-order chi connectivity index (χ0) is 15.8. The van der Waals surface area contributed by atoms with Crippen LogP contribution in [0.2, 0.25) is 0 Å². The third kappa shape index (κ3) is 6.29. The molecule has 0 radical (unpaired) electrons. The molecule has 0 fully saturated rings. The van der Waals surface area contributed by atoms with Gasteiger partial charge >= 0.3 is 0 Å². The van der Waals surface area contributed by atoms with Gasteiger partial charge in [-0.3, -0.25) is 9.59 Å². The van der Waals surface area contributed by atoms with Crippen molar-refractivity contribution in [3.8, 4) is 0 Å². The molecule has 0 aromatic carbocycles. The normalized spacial score (nSPS) is 11.2. The fraction of sp³-hybridized carbons (Fsp3) is 0.625. The summed E-state index contributed by atoms with van der Waals surface area (Å²) < 4.78 is 0. The van der Waals surface area contributed by atoms with Crippen LogP contribution in [0.15, 0.2) is 16.8 Å². The lowest BCUT2D eigenvalue weighted by molar-refractivity contribution is -0.121. The molecule has 21 heavy (non-hydrogen) atoms. The second-order valence-corrected chi connectivity index (χ2v) is 6.75. The number of carbonyl (C=O) groups is 2. The van der Waals surface area contributed by atoms with Crippen molar-refractivity contribution < 1.29 is 9.59 Å². The Kier molecular flexibility index (Phi) is 7.43. The van der Waals surface area contributed by atoms with E-state index in [1.165, 1.54) is 11.3 Å². The Morgan fingerprint density at radius 3 is 2.33 bits per heavy atom. The Hall–Kier alpha value is -1.36. The van der Waals surface area contributed by atoms with Gasteiger partial charge < -0.3 is 10.6 Å². The van der Waals surface area contributed by atoms with Crippen molar-refractivity contribution in [2.75, 3.05) is 13.1 Å². The summed E-state index contributed by atoms with van der Waals surface area (Å²) in [7, 11) is 0. The molecule has 2 amide bonds. The number of amides is 2. The number of hydrogen-bond donors (Lipinski definition) is 2. The average Bonchev–Trinajstić information content (AvgIpc) is 2.91. The molecule has 0 atom stereocenters. The Balaban J connectivity index is 2.23. The van der Waals surface area contributed by atoms with E-state index < -0.39 is 0 Å². The minimum atomic E-state index is -0.119. The first-order valence-corrected chi connectivity index (χ1v) is 8.43. The monoisotopic (exact) mass is 310 g/mol. The standard InChI is InChI=1S/C16H26N2O2S/c1-11(2)14(12(3)4)9-18-15(19)5-7-17-16(20)13-6-8-21-10-13/h6,8,10-12,14H,5,7,9H2,1-4H3,(H,17,20)(H,18,19). The SMILES string of the molecule is CC(C)C(CNC(=O)CCNC(=O)c1ccsc1)C(C)C. The maximum absolute atomic E-state index is 11.8. The molecule has 0 saturated heterocycles. The minimum absolute atomic E-state index is 0.00748. The molecule has 0 saturated carbocycles. The highest BCUT2D eigenvalue weighted by Gasteiger charge is 2.18. The number of rotatable bonds is 8. The molecule has 0 unspecified atom stereocenters. The summed E-state index contributed by atoms with van der Waals surface area (Å²) in [6.45, 7) is 9.78. The van der Waals surface area contributed by atoms with Crippen LogP contribution in [-0.4, -0.2) is 24.9 Å². The minimum Gasteiger partial charge on any atom is -0.356 e. The summed E-state index contributed by atoms with van der Waals surface area (Å²) in [4.78, 5) is 23.5. The Morgan fingerprint density at radius 1 is 1.14 bits per heavy atom. The van der Waals surface area contributed by atoms with Gasteiger partial charge in [0, 0.05) is 30.5 Å². The van der Waals surface area contributed by atoms with Crippen molar-refractivity contribution >= 4 is 23.2 Å². The van der Waals surface area contributed by atoms with Gasteiger partial charge in [-0.25, -0.2) is 0 Å². The van der Waals surface area contributed by atoms with Crippen LogP contribution in [0, 0.1) is 17.8 Å². The first-order chi connectivity index (χ1) is 9.91.